The number of halogens is 5. The van der Waals surface area contributed by atoms with Gasteiger partial charge in [0.15, 0.2) is 0 Å². The molecule has 1 saturated heterocycles. The Bertz CT molecular complexity index is 1430. The molecule has 5 rings (SSSR count). The lowest BCUT2D eigenvalue weighted by atomic mass is 9.88. The van der Waals surface area contributed by atoms with Crippen LogP contribution in [0.4, 0.5) is 33.3 Å². The van der Waals surface area contributed by atoms with Crippen molar-refractivity contribution in [1.29, 1.82) is 0 Å². The Morgan fingerprint density at radius 3 is 2.69 bits per heavy atom. The summed E-state index contributed by atoms with van der Waals surface area (Å²) < 4.78 is 75.0. The highest BCUT2D eigenvalue weighted by Crippen LogP contribution is 2.49. The van der Waals surface area contributed by atoms with Crippen molar-refractivity contribution in [1.82, 2.24) is 9.97 Å². The summed E-state index contributed by atoms with van der Waals surface area (Å²) in [6.07, 6.45) is -4.60. The molecular formula is C27H25F5N4O3. The number of benzene rings is 1. The van der Waals surface area contributed by atoms with E-state index in [1.54, 1.807) is 29.2 Å². The minimum Gasteiger partial charge on any atom is -0.386 e. The van der Waals surface area contributed by atoms with Crippen LogP contribution in [0, 0.1) is 6.92 Å². The number of rotatable bonds is 3. The maximum atomic E-state index is 15.3. The van der Waals surface area contributed by atoms with Crippen LogP contribution in [0.2, 0.25) is 0 Å². The average Bonchev–Trinajstić information content (AvgIpc) is 2.95. The third kappa shape index (κ3) is 4.82. The van der Waals surface area contributed by atoms with Gasteiger partial charge < -0.3 is 20.1 Å². The number of nitrogens with zero attached hydrogens (tertiary/aromatic N) is 3. The lowest BCUT2D eigenvalue weighted by Gasteiger charge is -2.48. The van der Waals surface area contributed by atoms with E-state index in [0.29, 0.717) is 28.6 Å². The Kier molecular flexibility index (Phi) is 6.58. The molecule has 3 aromatic rings. The van der Waals surface area contributed by atoms with Gasteiger partial charge in [0.25, 0.3) is 11.8 Å². The number of pyridine rings is 2. The van der Waals surface area contributed by atoms with E-state index in [-0.39, 0.29) is 31.0 Å². The molecule has 39 heavy (non-hydrogen) atoms. The van der Waals surface area contributed by atoms with E-state index >= 15 is 8.78 Å². The fourth-order valence-electron chi connectivity index (χ4n) is 5.02. The molecule has 1 amide bonds. The molecule has 0 radical (unpaired) electrons. The van der Waals surface area contributed by atoms with Crippen LogP contribution in [0.3, 0.4) is 0 Å². The van der Waals surface area contributed by atoms with E-state index in [0.717, 1.165) is 11.8 Å². The first kappa shape index (κ1) is 26.9. The number of hydrogen-bond donors (Lipinski definition) is 2. The van der Waals surface area contributed by atoms with Gasteiger partial charge in [-0.3, -0.25) is 14.8 Å². The molecule has 1 unspecified atom stereocenters. The van der Waals surface area contributed by atoms with E-state index in [2.05, 4.69) is 15.3 Å². The van der Waals surface area contributed by atoms with Gasteiger partial charge in [0.2, 0.25) is 0 Å². The average molecular weight is 549 g/mol. The largest absolute Gasteiger partial charge is 0.433 e. The number of alkyl halides is 5. The lowest BCUT2D eigenvalue weighted by molar-refractivity contribution is -0.141. The highest BCUT2D eigenvalue weighted by atomic mass is 19.4. The highest BCUT2D eigenvalue weighted by molar-refractivity contribution is 6.04. The van der Waals surface area contributed by atoms with E-state index in [1.165, 1.54) is 19.2 Å². The molecule has 2 aromatic heterocycles. The Morgan fingerprint density at radius 2 is 1.95 bits per heavy atom. The van der Waals surface area contributed by atoms with Gasteiger partial charge >= 0.3 is 6.18 Å². The number of nitrogens with one attached hydrogen (secondary N) is 1. The van der Waals surface area contributed by atoms with Crippen LogP contribution < -0.4 is 10.2 Å². The number of anilines is 2. The van der Waals surface area contributed by atoms with Crippen molar-refractivity contribution in [2.75, 3.05) is 30.0 Å². The Labute approximate surface area is 220 Å². The van der Waals surface area contributed by atoms with Crippen molar-refractivity contribution in [3.63, 3.8) is 0 Å². The van der Waals surface area contributed by atoms with Gasteiger partial charge in [0, 0.05) is 42.2 Å². The minimum atomic E-state index is -4.69. The number of ether oxygens (including phenoxy) is 1. The normalized spacial score (nSPS) is 22.5. The molecule has 0 saturated carbocycles. The summed E-state index contributed by atoms with van der Waals surface area (Å²) in [4.78, 5) is 21.9. The van der Waals surface area contributed by atoms with Crippen molar-refractivity contribution in [2.45, 2.75) is 44.0 Å². The third-order valence-corrected chi connectivity index (χ3v) is 7.30. The molecule has 2 aliphatic rings. The molecule has 0 bridgehead atoms. The molecule has 206 valence electrons. The summed E-state index contributed by atoms with van der Waals surface area (Å²) in [7, 11) is 0. The third-order valence-electron chi connectivity index (χ3n) is 7.30. The van der Waals surface area contributed by atoms with Gasteiger partial charge in [-0.05, 0) is 55.3 Å². The predicted octanol–water partition coefficient (Wildman–Crippen LogP) is 5.39. The molecular weight excluding hydrogens is 523 g/mol. The maximum Gasteiger partial charge on any atom is 0.433 e. The second-order valence-corrected chi connectivity index (χ2v) is 9.94. The SMILES string of the molecule is Cc1ccc(NC(=O)c2ccnc(C(F)(F)F)c2)cc1-c1cnc2c(c1)N1CCOCC1(C)C(F)(F)C[C@H]2O. The number of aliphatic hydroxyl groups excluding tert-OH is 1. The van der Waals surface area contributed by atoms with Gasteiger partial charge in [-0.25, -0.2) is 8.78 Å². The summed E-state index contributed by atoms with van der Waals surface area (Å²) in [5.41, 5.74) is -0.316. The number of aliphatic hydroxyl groups is 1. The molecule has 7 nitrogen and oxygen atoms in total. The van der Waals surface area contributed by atoms with Crippen LogP contribution in [0.15, 0.2) is 48.8 Å². The molecule has 2 atom stereocenters. The predicted molar refractivity (Wildman–Crippen MR) is 133 cm³/mol. The topological polar surface area (TPSA) is 87.6 Å². The number of hydrogen-bond acceptors (Lipinski definition) is 6. The zero-order valence-corrected chi connectivity index (χ0v) is 21.0. The summed E-state index contributed by atoms with van der Waals surface area (Å²) in [5.74, 6) is -4.01. The zero-order chi connectivity index (χ0) is 28.2. The van der Waals surface area contributed by atoms with Crippen molar-refractivity contribution >= 4 is 17.3 Å². The van der Waals surface area contributed by atoms with Crippen LogP contribution in [0.25, 0.3) is 11.1 Å². The monoisotopic (exact) mass is 548 g/mol. The molecule has 12 heteroatoms. The smallest absolute Gasteiger partial charge is 0.386 e. The van der Waals surface area contributed by atoms with E-state index in [4.69, 9.17) is 4.74 Å². The first-order valence-electron chi connectivity index (χ1n) is 12.2. The molecule has 0 spiro atoms. The van der Waals surface area contributed by atoms with E-state index in [1.807, 2.05) is 6.92 Å². The van der Waals surface area contributed by atoms with Crippen LogP contribution in [0.5, 0.6) is 0 Å². The van der Waals surface area contributed by atoms with Crippen molar-refractivity contribution in [3.8, 4) is 11.1 Å². The fourth-order valence-corrected chi connectivity index (χ4v) is 5.02. The number of carbonyl (C=O) groups excluding carboxylic acids is 1. The van der Waals surface area contributed by atoms with Crippen LogP contribution in [-0.4, -0.2) is 52.2 Å². The quantitative estimate of drug-likeness (QED) is 0.427. The Morgan fingerprint density at radius 1 is 1.18 bits per heavy atom. The van der Waals surface area contributed by atoms with Crippen LogP contribution >= 0.6 is 0 Å². The number of morpholine rings is 1. The van der Waals surface area contributed by atoms with Crippen molar-refractivity contribution < 1.29 is 36.6 Å². The van der Waals surface area contributed by atoms with Gasteiger partial charge in [0.1, 0.15) is 17.3 Å². The highest BCUT2D eigenvalue weighted by Gasteiger charge is 2.58. The van der Waals surface area contributed by atoms with Crippen LogP contribution in [0.1, 0.15) is 46.8 Å². The summed E-state index contributed by atoms with van der Waals surface area (Å²) in [5, 5.41) is 13.2. The lowest BCUT2D eigenvalue weighted by Crippen LogP contribution is -2.64. The number of aromatic nitrogens is 2. The van der Waals surface area contributed by atoms with Gasteiger partial charge in [-0.2, -0.15) is 13.2 Å². The number of aryl methyl sites for hydroxylation is 1. The second kappa shape index (κ2) is 9.53. The van der Waals surface area contributed by atoms with Crippen LogP contribution in [-0.2, 0) is 10.9 Å². The molecule has 0 aliphatic carbocycles. The Hall–Kier alpha value is -3.64. The van der Waals surface area contributed by atoms with E-state index < -0.39 is 41.8 Å². The summed E-state index contributed by atoms with van der Waals surface area (Å²) in [6, 6.07) is 8.47. The molecule has 1 aromatic carbocycles. The standard InChI is InChI=1S/C27H25F5N4O3/c1-15-3-4-18(35-24(38)16-5-6-33-22(10-16)27(30,31)32)11-19(15)17-9-20-23(34-13-17)21(37)12-26(28,29)25(2)14-39-8-7-36(20)25/h3-6,9-11,13,21,37H,7-8,12,14H2,1-2H3,(H,35,38)/t21-,25?/m1/s1. The molecule has 1 fully saturated rings. The van der Waals surface area contributed by atoms with Crippen molar-refractivity contribution in [3.05, 3.63) is 71.3 Å². The van der Waals surface area contributed by atoms with Crippen molar-refractivity contribution in [2.24, 2.45) is 0 Å². The number of fused-ring (bicyclic) bond motifs is 3. The van der Waals surface area contributed by atoms with Gasteiger partial charge in [0.05, 0.1) is 24.6 Å². The minimum absolute atomic E-state index is 0.143. The van der Waals surface area contributed by atoms with Gasteiger partial charge in [-0.15, -0.1) is 0 Å². The Balaban J connectivity index is 1.50. The first-order chi connectivity index (χ1) is 18.3. The van der Waals surface area contributed by atoms with Gasteiger partial charge in [-0.1, -0.05) is 6.07 Å². The zero-order valence-electron chi connectivity index (χ0n) is 21.0. The van der Waals surface area contributed by atoms with E-state index in [9.17, 15) is 23.1 Å². The molecule has 2 N–H and O–H groups in total. The summed E-state index contributed by atoms with van der Waals surface area (Å²) >= 11 is 0. The fraction of sp³-hybridized carbons (Fsp3) is 0.370. The molecule has 4 heterocycles. The first-order valence-corrected chi connectivity index (χ1v) is 12.2. The number of carbonyl (C=O) groups is 1. The second-order valence-electron chi connectivity index (χ2n) is 9.94. The number of amides is 1. The maximum absolute atomic E-state index is 15.3. The summed E-state index contributed by atoms with van der Waals surface area (Å²) in [6.45, 7) is 3.41. The molecule has 2 aliphatic heterocycles.